The van der Waals surface area contributed by atoms with Crippen molar-refractivity contribution in [1.82, 2.24) is 19.3 Å². The van der Waals surface area contributed by atoms with E-state index >= 15 is 0 Å². The molecule has 0 saturated heterocycles. The first-order chi connectivity index (χ1) is 15.3. The Morgan fingerprint density at radius 2 is 1.81 bits per heavy atom. The number of H-pyrrole nitrogens is 1. The Morgan fingerprint density at radius 1 is 1.16 bits per heavy atom. The lowest BCUT2D eigenvalue weighted by atomic mass is 10.2. The molecule has 4 rings (SSSR count). The topological polar surface area (TPSA) is 123 Å². The zero-order valence-electron chi connectivity index (χ0n) is 16.9. The maximum Gasteiger partial charge on any atom is 0.349 e. The standard InChI is InChI=1S/C21H17Cl2N5O4/c1-11-6-14(10-27(20(11)30)12-4-2-3-5-12)32-18-15(22)7-13(8-16(18)23)28-21(31)25-19(29)17(9-24)26-28/h6-8,10,12H,2-5H2,1H3,(H,25,29,31). The van der Waals surface area contributed by atoms with Gasteiger partial charge in [-0.2, -0.15) is 9.94 Å². The van der Waals surface area contributed by atoms with Gasteiger partial charge in [-0.15, -0.1) is 5.10 Å². The molecule has 0 bridgehead atoms. The van der Waals surface area contributed by atoms with Crippen molar-refractivity contribution in [3.63, 3.8) is 0 Å². The molecule has 2 aromatic heterocycles. The molecule has 1 aliphatic carbocycles. The molecule has 11 heteroatoms. The van der Waals surface area contributed by atoms with Crippen molar-refractivity contribution in [2.45, 2.75) is 38.6 Å². The number of hydrogen-bond acceptors (Lipinski definition) is 6. The molecule has 2 heterocycles. The summed E-state index contributed by atoms with van der Waals surface area (Å²) in [5.74, 6) is 0.530. The molecule has 1 aliphatic rings. The van der Waals surface area contributed by atoms with Gasteiger partial charge in [0, 0.05) is 11.6 Å². The summed E-state index contributed by atoms with van der Waals surface area (Å²) in [6.07, 6.45) is 5.67. The third kappa shape index (κ3) is 4.07. The van der Waals surface area contributed by atoms with Crippen LogP contribution in [0.4, 0.5) is 0 Å². The Bertz CT molecular complexity index is 1400. The number of hydrogen-bond donors (Lipinski definition) is 1. The first-order valence-corrected chi connectivity index (χ1v) is 10.6. The van der Waals surface area contributed by atoms with Gasteiger partial charge in [0.05, 0.1) is 21.9 Å². The minimum absolute atomic E-state index is 0.0615. The Labute approximate surface area is 191 Å². The van der Waals surface area contributed by atoms with Gasteiger partial charge in [-0.05, 0) is 38.0 Å². The summed E-state index contributed by atoms with van der Waals surface area (Å²) < 4.78 is 8.43. The molecular formula is C21H17Cl2N5O4. The van der Waals surface area contributed by atoms with Crippen molar-refractivity contribution >= 4 is 23.2 Å². The molecule has 32 heavy (non-hydrogen) atoms. The second-order valence-corrected chi connectivity index (χ2v) is 8.30. The number of halogens is 2. The zero-order chi connectivity index (χ0) is 23.0. The van der Waals surface area contributed by atoms with Crippen molar-refractivity contribution in [3.8, 4) is 23.3 Å². The quantitative estimate of drug-likeness (QED) is 0.618. The van der Waals surface area contributed by atoms with Crippen LogP contribution in [-0.2, 0) is 0 Å². The van der Waals surface area contributed by atoms with Crippen molar-refractivity contribution in [2.24, 2.45) is 0 Å². The van der Waals surface area contributed by atoms with Crippen LogP contribution in [0.15, 0.2) is 38.8 Å². The highest BCUT2D eigenvalue weighted by atomic mass is 35.5. The summed E-state index contributed by atoms with van der Waals surface area (Å²) in [4.78, 5) is 38.3. The lowest BCUT2D eigenvalue weighted by Crippen LogP contribution is -2.33. The summed E-state index contributed by atoms with van der Waals surface area (Å²) in [6, 6.07) is 6.10. The summed E-state index contributed by atoms with van der Waals surface area (Å²) in [6.45, 7) is 1.72. The first kappa shape index (κ1) is 21.9. The van der Waals surface area contributed by atoms with Crippen LogP contribution in [0.1, 0.15) is 43.0 Å². The SMILES string of the molecule is Cc1cc(Oc2c(Cl)cc(-n3nc(C#N)c(=O)[nH]c3=O)cc2Cl)cn(C2CCCC2)c1=O. The van der Waals surface area contributed by atoms with Gasteiger partial charge in [-0.3, -0.25) is 14.6 Å². The molecule has 0 amide bonds. The highest BCUT2D eigenvalue weighted by molar-refractivity contribution is 6.37. The van der Waals surface area contributed by atoms with E-state index in [1.54, 1.807) is 29.8 Å². The van der Waals surface area contributed by atoms with Crippen molar-refractivity contribution in [1.29, 1.82) is 5.26 Å². The van der Waals surface area contributed by atoms with Crippen LogP contribution in [0.25, 0.3) is 5.69 Å². The Hall–Kier alpha value is -3.35. The normalized spacial score (nSPS) is 13.8. The smallest absolute Gasteiger partial charge is 0.349 e. The molecule has 1 fully saturated rings. The number of benzene rings is 1. The molecule has 0 aliphatic heterocycles. The summed E-state index contributed by atoms with van der Waals surface area (Å²) >= 11 is 12.7. The van der Waals surface area contributed by atoms with Gasteiger partial charge < -0.3 is 9.30 Å². The fraction of sp³-hybridized carbons (Fsp3) is 0.286. The molecule has 164 valence electrons. The third-order valence-corrected chi connectivity index (χ3v) is 5.86. The van der Waals surface area contributed by atoms with E-state index in [4.69, 9.17) is 33.2 Å². The van der Waals surface area contributed by atoms with E-state index in [2.05, 4.69) is 5.10 Å². The third-order valence-electron chi connectivity index (χ3n) is 5.30. The van der Waals surface area contributed by atoms with Crippen LogP contribution in [0, 0.1) is 18.3 Å². The minimum Gasteiger partial charge on any atom is -0.453 e. The van der Waals surface area contributed by atoms with Crippen molar-refractivity contribution in [3.05, 3.63) is 76.9 Å². The van der Waals surface area contributed by atoms with E-state index in [1.807, 2.05) is 4.98 Å². The number of aromatic nitrogens is 4. The number of ether oxygens (including phenoxy) is 1. The molecule has 0 spiro atoms. The Balaban J connectivity index is 1.73. The maximum atomic E-state index is 12.6. The fourth-order valence-corrected chi connectivity index (χ4v) is 4.31. The van der Waals surface area contributed by atoms with Crippen LogP contribution in [0.5, 0.6) is 11.5 Å². The number of nitrogens with zero attached hydrogens (tertiary/aromatic N) is 4. The summed E-state index contributed by atoms with van der Waals surface area (Å²) in [5, 5.41) is 12.9. The average molecular weight is 474 g/mol. The molecule has 9 nitrogen and oxygen atoms in total. The van der Waals surface area contributed by atoms with E-state index in [9.17, 15) is 14.4 Å². The van der Waals surface area contributed by atoms with Gasteiger partial charge in [0.2, 0.25) is 5.69 Å². The highest BCUT2D eigenvalue weighted by Gasteiger charge is 2.20. The Morgan fingerprint density at radius 3 is 2.44 bits per heavy atom. The van der Waals surface area contributed by atoms with Crippen molar-refractivity contribution in [2.75, 3.05) is 0 Å². The van der Waals surface area contributed by atoms with Gasteiger partial charge in [-0.1, -0.05) is 36.0 Å². The number of pyridine rings is 1. The molecule has 0 unspecified atom stereocenters. The lowest BCUT2D eigenvalue weighted by Gasteiger charge is -2.17. The number of nitriles is 1. The predicted octanol–water partition coefficient (Wildman–Crippen LogP) is 3.48. The number of aromatic amines is 1. The van der Waals surface area contributed by atoms with Gasteiger partial charge >= 0.3 is 5.69 Å². The van der Waals surface area contributed by atoms with Gasteiger partial charge in [0.15, 0.2) is 5.75 Å². The van der Waals surface area contributed by atoms with Crippen LogP contribution in [-0.4, -0.2) is 19.3 Å². The Kier molecular flexibility index (Phi) is 5.91. The predicted molar refractivity (Wildman–Crippen MR) is 118 cm³/mol. The second-order valence-electron chi connectivity index (χ2n) is 7.48. The van der Waals surface area contributed by atoms with Gasteiger partial charge in [-0.25, -0.2) is 4.79 Å². The number of aryl methyl sites for hydroxylation is 1. The molecule has 1 N–H and O–H groups in total. The van der Waals surface area contributed by atoms with E-state index in [0.717, 1.165) is 30.4 Å². The van der Waals surface area contributed by atoms with Crippen LogP contribution in [0.3, 0.4) is 0 Å². The minimum atomic E-state index is -0.890. The highest BCUT2D eigenvalue weighted by Crippen LogP contribution is 2.38. The molecule has 1 saturated carbocycles. The molecular weight excluding hydrogens is 457 g/mol. The lowest BCUT2D eigenvalue weighted by molar-refractivity contribution is 0.450. The van der Waals surface area contributed by atoms with Gasteiger partial charge in [0.1, 0.15) is 11.8 Å². The second kappa shape index (κ2) is 8.65. The number of rotatable bonds is 4. The fourth-order valence-electron chi connectivity index (χ4n) is 3.75. The maximum absolute atomic E-state index is 12.6. The largest absolute Gasteiger partial charge is 0.453 e. The molecule has 0 radical (unpaired) electrons. The van der Waals surface area contributed by atoms with E-state index in [1.165, 1.54) is 12.1 Å². The van der Waals surface area contributed by atoms with E-state index < -0.39 is 16.9 Å². The van der Waals surface area contributed by atoms with Crippen LogP contribution < -0.4 is 21.5 Å². The molecule has 0 atom stereocenters. The molecule has 3 aromatic rings. The van der Waals surface area contributed by atoms with Crippen LogP contribution in [0.2, 0.25) is 10.0 Å². The first-order valence-electron chi connectivity index (χ1n) is 9.82. The summed E-state index contributed by atoms with van der Waals surface area (Å²) in [5.41, 5.74) is -1.62. The zero-order valence-corrected chi connectivity index (χ0v) is 18.4. The molecule has 1 aromatic carbocycles. The van der Waals surface area contributed by atoms with Crippen LogP contribution >= 0.6 is 23.2 Å². The average Bonchev–Trinajstić information content (AvgIpc) is 3.27. The van der Waals surface area contributed by atoms with Gasteiger partial charge in [0.25, 0.3) is 11.1 Å². The number of nitrogens with one attached hydrogen (secondary N) is 1. The van der Waals surface area contributed by atoms with E-state index in [0.29, 0.717) is 11.3 Å². The summed E-state index contributed by atoms with van der Waals surface area (Å²) in [7, 11) is 0. The van der Waals surface area contributed by atoms with Crippen molar-refractivity contribution < 1.29 is 4.74 Å². The van der Waals surface area contributed by atoms with E-state index in [-0.39, 0.29) is 33.1 Å². The monoisotopic (exact) mass is 473 g/mol.